The van der Waals surface area contributed by atoms with Crippen molar-refractivity contribution in [3.05, 3.63) is 12.3 Å². The average molecular weight is 234 g/mol. The molecule has 0 amide bonds. The highest BCUT2D eigenvalue weighted by Crippen LogP contribution is 2.08. The lowest BCUT2D eigenvalue weighted by Gasteiger charge is -2.03. The molecule has 1 nitrogen and oxygen atoms in total. The van der Waals surface area contributed by atoms with Gasteiger partial charge in [-0.1, -0.05) is 51.5 Å². The number of hydrogen-bond donors (Lipinski definition) is 0. The lowest BCUT2D eigenvalue weighted by Crippen LogP contribution is -1.99. The van der Waals surface area contributed by atoms with E-state index in [9.17, 15) is 0 Å². The van der Waals surface area contributed by atoms with Crippen LogP contribution in [0.2, 0.25) is 0 Å². The van der Waals surface area contributed by atoms with Crippen molar-refractivity contribution in [3.63, 3.8) is 0 Å². The highest BCUT2D eigenvalue weighted by molar-refractivity contribution is 5.85. The van der Waals surface area contributed by atoms with Crippen LogP contribution in [0.15, 0.2) is 12.3 Å². The van der Waals surface area contributed by atoms with Crippen molar-refractivity contribution in [2.45, 2.75) is 58.3 Å². The Balaban J connectivity index is 0. The lowest BCUT2D eigenvalue weighted by atomic mass is 10.1. The number of halogens is 1. The van der Waals surface area contributed by atoms with E-state index in [2.05, 4.69) is 38.2 Å². The maximum atomic E-state index is 2.27. The first-order chi connectivity index (χ1) is 6.77. The molecule has 0 bridgehead atoms. The molecule has 0 spiro atoms. The van der Waals surface area contributed by atoms with E-state index in [-0.39, 0.29) is 12.4 Å². The van der Waals surface area contributed by atoms with Crippen molar-refractivity contribution in [3.8, 4) is 0 Å². The van der Waals surface area contributed by atoms with Crippen LogP contribution in [0.5, 0.6) is 0 Å². The third-order valence-electron chi connectivity index (χ3n) is 2.38. The molecule has 0 rings (SSSR count). The Labute approximate surface area is 102 Å². The summed E-state index contributed by atoms with van der Waals surface area (Å²) < 4.78 is 0. The molecule has 0 aromatic rings. The van der Waals surface area contributed by atoms with Crippen LogP contribution in [-0.4, -0.2) is 19.0 Å². The van der Waals surface area contributed by atoms with Gasteiger partial charge in [0, 0.05) is 14.1 Å². The zero-order valence-electron chi connectivity index (χ0n) is 10.7. The zero-order chi connectivity index (χ0) is 10.6. The summed E-state index contributed by atoms with van der Waals surface area (Å²) in [5, 5.41) is 0. The maximum Gasteiger partial charge on any atom is 0.00555 e. The molecule has 0 N–H and O–H groups in total. The number of allylic oxidation sites excluding steroid dienone is 1. The van der Waals surface area contributed by atoms with Gasteiger partial charge >= 0.3 is 0 Å². The van der Waals surface area contributed by atoms with Crippen LogP contribution in [0.1, 0.15) is 58.3 Å². The highest BCUT2D eigenvalue weighted by atomic mass is 35.5. The van der Waals surface area contributed by atoms with Gasteiger partial charge in [-0.05, 0) is 19.0 Å². The van der Waals surface area contributed by atoms with Gasteiger partial charge in [0.2, 0.25) is 0 Å². The molecule has 0 heterocycles. The Bertz CT molecular complexity index is 132. The van der Waals surface area contributed by atoms with Gasteiger partial charge in [-0.15, -0.1) is 12.4 Å². The Kier molecular flexibility index (Phi) is 15.9. The Morgan fingerprint density at radius 3 is 1.93 bits per heavy atom. The van der Waals surface area contributed by atoms with E-state index in [0.29, 0.717) is 0 Å². The van der Waals surface area contributed by atoms with Gasteiger partial charge in [-0.25, -0.2) is 0 Å². The topological polar surface area (TPSA) is 3.24 Å². The fourth-order valence-corrected chi connectivity index (χ4v) is 1.50. The van der Waals surface area contributed by atoms with Crippen molar-refractivity contribution in [1.29, 1.82) is 0 Å². The van der Waals surface area contributed by atoms with Crippen molar-refractivity contribution in [2.75, 3.05) is 14.1 Å². The molecular weight excluding hydrogens is 206 g/mol. The summed E-state index contributed by atoms with van der Waals surface area (Å²) in [4.78, 5) is 2.10. The van der Waals surface area contributed by atoms with Crippen LogP contribution in [0.25, 0.3) is 0 Å². The quantitative estimate of drug-likeness (QED) is 0.525. The average Bonchev–Trinajstić information content (AvgIpc) is 2.15. The molecule has 0 aromatic carbocycles. The lowest BCUT2D eigenvalue weighted by molar-refractivity contribution is 0.556. The van der Waals surface area contributed by atoms with Crippen LogP contribution in [-0.2, 0) is 0 Å². The Morgan fingerprint density at radius 2 is 1.40 bits per heavy atom. The molecule has 0 atom stereocenters. The highest BCUT2D eigenvalue weighted by Gasteiger charge is 1.89. The van der Waals surface area contributed by atoms with Crippen LogP contribution >= 0.6 is 12.4 Å². The standard InChI is InChI=1S/C13H27N.ClH/c1-4-5-6-7-8-9-10-11-12-13-14(2)3;/h12-13H,4-11H2,1-3H3;1H. The molecule has 0 aliphatic rings. The van der Waals surface area contributed by atoms with Gasteiger partial charge in [-0.3, -0.25) is 0 Å². The fourth-order valence-electron chi connectivity index (χ4n) is 1.50. The van der Waals surface area contributed by atoms with Gasteiger partial charge in [0.1, 0.15) is 0 Å². The predicted octanol–water partition coefficient (Wildman–Crippen LogP) is 4.62. The zero-order valence-corrected chi connectivity index (χ0v) is 11.5. The third-order valence-corrected chi connectivity index (χ3v) is 2.38. The van der Waals surface area contributed by atoms with Crippen LogP contribution in [0.4, 0.5) is 0 Å². The normalized spacial score (nSPS) is 10.3. The van der Waals surface area contributed by atoms with E-state index >= 15 is 0 Å². The number of nitrogens with zero attached hydrogens (tertiary/aromatic N) is 1. The minimum atomic E-state index is 0. The van der Waals surface area contributed by atoms with E-state index < -0.39 is 0 Å². The van der Waals surface area contributed by atoms with E-state index in [1.807, 2.05) is 0 Å². The summed E-state index contributed by atoms with van der Waals surface area (Å²) in [6.07, 6.45) is 15.5. The van der Waals surface area contributed by atoms with E-state index in [0.717, 1.165) is 0 Å². The van der Waals surface area contributed by atoms with Gasteiger partial charge < -0.3 is 4.90 Å². The summed E-state index contributed by atoms with van der Waals surface area (Å²) in [5.74, 6) is 0. The van der Waals surface area contributed by atoms with Crippen LogP contribution < -0.4 is 0 Å². The molecule has 0 aliphatic carbocycles. The SMILES string of the molecule is CCCCCCCCCC=CN(C)C.Cl. The molecule has 92 valence electrons. The van der Waals surface area contributed by atoms with E-state index in [1.54, 1.807) is 0 Å². The largest absolute Gasteiger partial charge is 0.384 e. The summed E-state index contributed by atoms with van der Waals surface area (Å²) in [6.45, 7) is 2.27. The Hall–Kier alpha value is -0.170. The van der Waals surface area contributed by atoms with Gasteiger partial charge in [-0.2, -0.15) is 0 Å². The molecule has 0 radical (unpaired) electrons. The minimum absolute atomic E-state index is 0. The molecule has 0 saturated heterocycles. The molecule has 2 heteroatoms. The molecule has 0 unspecified atom stereocenters. The first-order valence-electron chi connectivity index (χ1n) is 6.10. The summed E-state index contributed by atoms with van der Waals surface area (Å²) in [6, 6.07) is 0. The molecule has 0 fully saturated rings. The monoisotopic (exact) mass is 233 g/mol. The number of unbranched alkanes of at least 4 members (excludes halogenated alkanes) is 7. The second-order valence-corrected chi connectivity index (χ2v) is 4.26. The Morgan fingerprint density at radius 1 is 0.867 bits per heavy atom. The first-order valence-corrected chi connectivity index (χ1v) is 6.10. The van der Waals surface area contributed by atoms with E-state index in [4.69, 9.17) is 0 Å². The molecule has 0 aliphatic heterocycles. The van der Waals surface area contributed by atoms with Crippen LogP contribution in [0, 0.1) is 0 Å². The summed E-state index contributed by atoms with van der Waals surface area (Å²) in [5.41, 5.74) is 0. The number of rotatable bonds is 9. The predicted molar refractivity (Wildman–Crippen MR) is 72.7 cm³/mol. The van der Waals surface area contributed by atoms with E-state index in [1.165, 1.54) is 51.4 Å². The summed E-state index contributed by atoms with van der Waals surface area (Å²) in [7, 11) is 4.14. The van der Waals surface area contributed by atoms with Gasteiger partial charge in [0.15, 0.2) is 0 Å². The summed E-state index contributed by atoms with van der Waals surface area (Å²) >= 11 is 0. The van der Waals surface area contributed by atoms with Crippen molar-refractivity contribution >= 4 is 12.4 Å². The smallest absolute Gasteiger partial charge is 0.00555 e. The van der Waals surface area contributed by atoms with Gasteiger partial charge in [0.05, 0.1) is 0 Å². The molecule has 15 heavy (non-hydrogen) atoms. The molecule has 0 aromatic heterocycles. The van der Waals surface area contributed by atoms with Crippen LogP contribution in [0.3, 0.4) is 0 Å². The first kappa shape index (κ1) is 17.2. The number of hydrogen-bond acceptors (Lipinski definition) is 1. The fraction of sp³-hybridized carbons (Fsp3) is 0.846. The van der Waals surface area contributed by atoms with Crippen molar-refractivity contribution in [1.82, 2.24) is 4.90 Å². The second-order valence-electron chi connectivity index (χ2n) is 4.26. The van der Waals surface area contributed by atoms with Crippen molar-refractivity contribution < 1.29 is 0 Å². The third kappa shape index (κ3) is 16.5. The maximum absolute atomic E-state index is 2.27. The van der Waals surface area contributed by atoms with Crippen molar-refractivity contribution in [2.24, 2.45) is 0 Å². The minimum Gasteiger partial charge on any atom is -0.384 e. The second kappa shape index (κ2) is 13.8. The molecule has 0 saturated carbocycles. The van der Waals surface area contributed by atoms with Gasteiger partial charge in [0.25, 0.3) is 0 Å². The molecular formula is C13H28ClN.